The maximum atomic E-state index is 8.78. The van der Waals surface area contributed by atoms with Crippen LogP contribution in [0.5, 0.6) is 0 Å². The molecule has 1 saturated heterocycles. The summed E-state index contributed by atoms with van der Waals surface area (Å²) in [6.45, 7) is 5.98. The maximum absolute atomic E-state index is 8.78. The third kappa shape index (κ3) is 2.61. The van der Waals surface area contributed by atoms with Crippen LogP contribution in [0.4, 0.5) is 0 Å². The molecule has 1 N–H and O–H groups in total. The highest BCUT2D eigenvalue weighted by Gasteiger charge is 2.21. The molecule has 0 aromatic carbocycles. The van der Waals surface area contributed by atoms with Gasteiger partial charge in [0.1, 0.15) is 0 Å². The molecule has 88 valence electrons. The Morgan fingerprint density at radius 2 is 2.44 bits per heavy atom. The molecule has 5 heteroatoms. The van der Waals surface area contributed by atoms with Crippen LogP contribution in [0, 0.1) is 5.92 Å². The molecule has 1 aliphatic rings. The van der Waals surface area contributed by atoms with Gasteiger partial charge in [0, 0.05) is 44.4 Å². The summed E-state index contributed by atoms with van der Waals surface area (Å²) in [4.78, 5) is 2.39. The number of nitrogens with zero attached hydrogens (tertiary/aromatic N) is 4. The van der Waals surface area contributed by atoms with E-state index in [4.69, 9.17) is 5.21 Å². The minimum atomic E-state index is 0.358. The van der Waals surface area contributed by atoms with Crippen molar-refractivity contribution in [3.8, 4) is 0 Å². The Morgan fingerprint density at radius 3 is 3.06 bits per heavy atom. The molecule has 0 saturated carbocycles. The van der Waals surface area contributed by atoms with Gasteiger partial charge in [-0.1, -0.05) is 12.1 Å². The van der Waals surface area contributed by atoms with Crippen LogP contribution in [0.2, 0.25) is 0 Å². The van der Waals surface area contributed by atoms with Crippen molar-refractivity contribution in [3.05, 3.63) is 18.5 Å². The summed E-state index contributed by atoms with van der Waals surface area (Å²) in [6.07, 6.45) is 4.65. The molecule has 1 atom stereocenters. The molecule has 1 aliphatic heterocycles. The molecule has 1 unspecified atom stereocenters. The first-order valence-electron chi connectivity index (χ1n) is 5.70. The van der Waals surface area contributed by atoms with E-state index in [1.807, 2.05) is 16.9 Å². The summed E-state index contributed by atoms with van der Waals surface area (Å²) >= 11 is 0. The molecule has 0 radical (unpaired) electrons. The van der Waals surface area contributed by atoms with Gasteiger partial charge in [0.05, 0.1) is 12.3 Å². The predicted octanol–water partition coefficient (Wildman–Crippen LogP) is 1.06. The van der Waals surface area contributed by atoms with Gasteiger partial charge < -0.3 is 10.1 Å². The predicted molar refractivity (Wildman–Crippen MR) is 61.7 cm³/mol. The van der Waals surface area contributed by atoms with Gasteiger partial charge >= 0.3 is 0 Å². The van der Waals surface area contributed by atoms with Gasteiger partial charge in [-0.25, -0.2) is 0 Å². The Balaban J connectivity index is 1.80. The van der Waals surface area contributed by atoms with Crippen molar-refractivity contribution in [1.82, 2.24) is 14.7 Å². The van der Waals surface area contributed by atoms with E-state index in [9.17, 15) is 0 Å². The lowest BCUT2D eigenvalue weighted by Crippen LogP contribution is -2.41. The zero-order valence-corrected chi connectivity index (χ0v) is 9.58. The van der Waals surface area contributed by atoms with Gasteiger partial charge in [0.15, 0.2) is 0 Å². The van der Waals surface area contributed by atoms with Crippen molar-refractivity contribution >= 4 is 5.71 Å². The molecule has 0 amide bonds. The molecule has 5 nitrogen and oxygen atoms in total. The highest BCUT2D eigenvalue weighted by Crippen LogP contribution is 2.13. The van der Waals surface area contributed by atoms with E-state index in [0.29, 0.717) is 5.92 Å². The molecule has 0 aliphatic carbocycles. The van der Waals surface area contributed by atoms with Crippen LogP contribution in [0.3, 0.4) is 0 Å². The van der Waals surface area contributed by atoms with E-state index in [2.05, 4.69) is 22.1 Å². The van der Waals surface area contributed by atoms with E-state index >= 15 is 0 Å². The van der Waals surface area contributed by atoms with Gasteiger partial charge in [-0.3, -0.25) is 4.68 Å². The van der Waals surface area contributed by atoms with Crippen LogP contribution in [0.1, 0.15) is 13.3 Å². The quantitative estimate of drug-likeness (QED) is 0.614. The van der Waals surface area contributed by atoms with Crippen molar-refractivity contribution in [2.75, 3.05) is 19.6 Å². The molecular formula is C11H18N4O. The van der Waals surface area contributed by atoms with E-state index in [1.165, 1.54) is 0 Å². The maximum Gasteiger partial charge on any atom is 0.0624 e. The van der Waals surface area contributed by atoms with Crippen molar-refractivity contribution < 1.29 is 5.21 Å². The van der Waals surface area contributed by atoms with Gasteiger partial charge in [-0.05, 0) is 6.07 Å². The van der Waals surface area contributed by atoms with Crippen molar-refractivity contribution in [1.29, 1.82) is 0 Å². The molecule has 1 aromatic rings. The lowest BCUT2D eigenvalue weighted by atomic mass is 9.98. The summed E-state index contributed by atoms with van der Waals surface area (Å²) in [5, 5.41) is 16.3. The molecule has 2 rings (SSSR count). The number of hydrogen-bond donors (Lipinski definition) is 1. The van der Waals surface area contributed by atoms with Crippen LogP contribution in [-0.2, 0) is 6.54 Å². The number of piperidine rings is 1. The Hall–Kier alpha value is -1.36. The molecule has 2 heterocycles. The Labute approximate surface area is 95.4 Å². The lowest BCUT2D eigenvalue weighted by Gasteiger charge is -2.31. The fourth-order valence-electron chi connectivity index (χ4n) is 2.13. The molecule has 1 aromatic heterocycles. The van der Waals surface area contributed by atoms with E-state index in [0.717, 1.165) is 38.3 Å². The van der Waals surface area contributed by atoms with Crippen LogP contribution in [-0.4, -0.2) is 45.2 Å². The summed E-state index contributed by atoms with van der Waals surface area (Å²) < 4.78 is 1.94. The van der Waals surface area contributed by atoms with E-state index in [1.54, 1.807) is 6.20 Å². The Kier molecular flexibility index (Phi) is 3.56. The van der Waals surface area contributed by atoms with E-state index < -0.39 is 0 Å². The van der Waals surface area contributed by atoms with Gasteiger partial charge in [0.2, 0.25) is 0 Å². The normalized spacial score (nSPS) is 25.1. The average Bonchev–Trinajstić information content (AvgIpc) is 2.79. The molecular weight excluding hydrogens is 204 g/mol. The second-order valence-corrected chi connectivity index (χ2v) is 4.31. The molecule has 16 heavy (non-hydrogen) atoms. The van der Waals surface area contributed by atoms with Gasteiger partial charge in [0.25, 0.3) is 0 Å². The third-order valence-corrected chi connectivity index (χ3v) is 3.12. The highest BCUT2D eigenvalue weighted by atomic mass is 16.4. The number of oxime groups is 1. The average molecular weight is 222 g/mol. The fourth-order valence-corrected chi connectivity index (χ4v) is 2.13. The van der Waals surface area contributed by atoms with Crippen LogP contribution in [0.25, 0.3) is 0 Å². The van der Waals surface area contributed by atoms with Crippen molar-refractivity contribution in [2.24, 2.45) is 11.1 Å². The zero-order chi connectivity index (χ0) is 11.4. The van der Waals surface area contributed by atoms with Gasteiger partial charge in [-0.2, -0.15) is 5.10 Å². The Bertz CT molecular complexity index is 347. The Morgan fingerprint density at radius 1 is 1.56 bits per heavy atom. The topological polar surface area (TPSA) is 53.7 Å². The van der Waals surface area contributed by atoms with E-state index in [-0.39, 0.29) is 0 Å². The minimum Gasteiger partial charge on any atom is -0.411 e. The summed E-state index contributed by atoms with van der Waals surface area (Å²) in [6, 6.07) is 1.94. The van der Waals surface area contributed by atoms with Crippen molar-refractivity contribution in [3.63, 3.8) is 0 Å². The largest absolute Gasteiger partial charge is 0.411 e. The number of likely N-dealkylation sites (tertiary alicyclic amines) is 1. The molecule has 0 spiro atoms. The third-order valence-electron chi connectivity index (χ3n) is 3.12. The zero-order valence-electron chi connectivity index (χ0n) is 9.58. The first-order valence-corrected chi connectivity index (χ1v) is 5.70. The minimum absolute atomic E-state index is 0.358. The summed E-state index contributed by atoms with van der Waals surface area (Å²) in [5.74, 6) is 0.358. The van der Waals surface area contributed by atoms with Crippen LogP contribution >= 0.6 is 0 Å². The molecule has 1 fully saturated rings. The second kappa shape index (κ2) is 5.12. The van der Waals surface area contributed by atoms with Crippen LogP contribution in [0.15, 0.2) is 23.6 Å². The number of rotatable bonds is 3. The molecule has 0 bridgehead atoms. The summed E-state index contributed by atoms with van der Waals surface area (Å²) in [7, 11) is 0. The number of hydrogen-bond acceptors (Lipinski definition) is 4. The lowest BCUT2D eigenvalue weighted by molar-refractivity contribution is 0.225. The summed E-state index contributed by atoms with van der Waals surface area (Å²) in [5.41, 5.74) is 0.926. The first-order chi connectivity index (χ1) is 7.79. The van der Waals surface area contributed by atoms with Crippen molar-refractivity contribution in [2.45, 2.75) is 19.9 Å². The smallest absolute Gasteiger partial charge is 0.0624 e. The SMILES string of the molecule is CC1CN(CCn2cccn2)CC/C1=N\O. The fraction of sp³-hybridized carbons (Fsp3) is 0.636. The standard InChI is InChI=1S/C11H18N4O/c1-10-9-14(6-3-11(10)13-16)7-8-15-5-2-4-12-15/h2,4-5,10,16H,3,6-9H2,1H3/b13-11+. The van der Waals surface area contributed by atoms with Crippen LogP contribution < -0.4 is 0 Å². The second-order valence-electron chi connectivity index (χ2n) is 4.31. The first kappa shape index (κ1) is 11.1. The van der Waals surface area contributed by atoms with Gasteiger partial charge in [-0.15, -0.1) is 0 Å². The monoisotopic (exact) mass is 222 g/mol. The highest BCUT2D eigenvalue weighted by molar-refractivity contribution is 5.86. The number of aromatic nitrogens is 2.